The molecule has 0 bridgehead atoms. The van der Waals surface area contributed by atoms with E-state index in [1.807, 2.05) is 0 Å². The van der Waals surface area contributed by atoms with Crippen molar-refractivity contribution in [1.82, 2.24) is 10.2 Å². The van der Waals surface area contributed by atoms with Crippen LogP contribution in [-0.2, 0) is 9.59 Å². The molecule has 0 unspecified atom stereocenters. The molecule has 0 radical (unpaired) electrons. The van der Waals surface area contributed by atoms with Gasteiger partial charge in [0.1, 0.15) is 0 Å². The molecule has 0 aliphatic heterocycles. The molecule has 0 spiro atoms. The number of imide groups is 1. The van der Waals surface area contributed by atoms with Crippen molar-refractivity contribution in [2.24, 2.45) is 5.92 Å². The van der Waals surface area contributed by atoms with Crippen molar-refractivity contribution in [2.75, 3.05) is 13.6 Å². The number of urea groups is 1. The molecule has 6 nitrogen and oxygen atoms in total. The lowest BCUT2D eigenvalue weighted by Crippen LogP contribution is -2.41. The first-order valence-electron chi connectivity index (χ1n) is 6.09. The lowest BCUT2D eigenvalue weighted by molar-refractivity contribution is -0.137. The molecular formula is C12H22N2O4. The van der Waals surface area contributed by atoms with E-state index in [1.165, 1.54) is 4.90 Å². The molecule has 0 rings (SSSR count). The van der Waals surface area contributed by atoms with Gasteiger partial charge in [-0.3, -0.25) is 14.9 Å². The number of amides is 3. The standard InChI is InChI=1S/C12H22N2O4/c1-9(2)7-8-14(3)12(18)13-10(15)5-4-6-11(16)17/h9H,4-8H2,1-3H3,(H,16,17)(H,13,15,18). The highest BCUT2D eigenvalue weighted by Crippen LogP contribution is 2.01. The average molecular weight is 258 g/mol. The number of carbonyl (C=O) groups excluding carboxylic acids is 2. The van der Waals surface area contributed by atoms with Crippen LogP contribution in [0.15, 0.2) is 0 Å². The number of aliphatic carboxylic acids is 1. The Kier molecular flexibility index (Phi) is 7.74. The van der Waals surface area contributed by atoms with Gasteiger partial charge in [0.05, 0.1) is 0 Å². The van der Waals surface area contributed by atoms with Gasteiger partial charge in [0, 0.05) is 26.4 Å². The van der Waals surface area contributed by atoms with E-state index >= 15 is 0 Å². The number of rotatable bonds is 7. The SMILES string of the molecule is CC(C)CCN(C)C(=O)NC(=O)CCCC(=O)O. The predicted octanol–water partition coefficient (Wildman–Crippen LogP) is 1.46. The summed E-state index contributed by atoms with van der Waals surface area (Å²) in [6.45, 7) is 4.71. The molecule has 0 aliphatic carbocycles. The highest BCUT2D eigenvalue weighted by Gasteiger charge is 2.12. The Morgan fingerprint density at radius 2 is 1.83 bits per heavy atom. The molecule has 0 fully saturated rings. The van der Waals surface area contributed by atoms with E-state index in [4.69, 9.17) is 5.11 Å². The third-order valence-electron chi connectivity index (χ3n) is 2.43. The number of carbonyl (C=O) groups is 3. The van der Waals surface area contributed by atoms with Gasteiger partial charge in [-0.2, -0.15) is 0 Å². The van der Waals surface area contributed by atoms with Gasteiger partial charge in [-0.25, -0.2) is 4.79 Å². The Bertz CT molecular complexity index is 302. The lowest BCUT2D eigenvalue weighted by Gasteiger charge is -2.18. The molecule has 6 heteroatoms. The summed E-state index contributed by atoms with van der Waals surface area (Å²) in [5.41, 5.74) is 0. The van der Waals surface area contributed by atoms with Gasteiger partial charge in [-0.15, -0.1) is 0 Å². The Balaban J connectivity index is 3.85. The van der Waals surface area contributed by atoms with Gasteiger partial charge >= 0.3 is 12.0 Å². The smallest absolute Gasteiger partial charge is 0.323 e. The zero-order valence-corrected chi connectivity index (χ0v) is 11.2. The van der Waals surface area contributed by atoms with E-state index in [0.29, 0.717) is 12.5 Å². The van der Waals surface area contributed by atoms with E-state index < -0.39 is 17.9 Å². The summed E-state index contributed by atoms with van der Waals surface area (Å²) in [6.07, 6.45) is 1.10. The van der Waals surface area contributed by atoms with Crippen LogP contribution in [0.1, 0.15) is 39.5 Å². The highest BCUT2D eigenvalue weighted by atomic mass is 16.4. The van der Waals surface area contributed by atoms with E-state index in [-0.39, 0.29) is 19.3 Å². The molecule has 0 heterocycles. The normalized spacial score (nSPS) is 10.2. The van der Waals surface area contributed by atoms with Gasteiger partial charge in [-0.05, 0) is 18.8 Å². The summed E-state index contributed by atoms with van der Waals surface area (Å²) in [6, 6.07) is -0.434. The molecular weight excluding hydrogens is 236 g/mol. The second kappa shape index (κ2) is 8.49. The van der Waals surface area contributed by atoms with Crippen LogP contribution in [0.25, 0.3) is 0 Å². The monoisotopic (exact) mass is 258 g/mol. The molecule has 3 amide bonds. The van der Waals surface area contributed by atoms with Gasteiger partial charge in [0.25, 0.3) is 0 Å². The minimum atomic E-state index is -0.942. The van der Waals surface area contributed by atoms with Crippen LogP contribution in [0.4, 0.5) is 4.79 Å². The Labute approximate surface area is 107 Å². The van der Waals surface area contributed by atoms with E-state index in [0.717, 1.165) is 6.42 Å². The fraction of sp³-hybridized carbons (Fsp3) is 0.750. The number of hydrogen-bond donors (Lipinski definition) is 2. The molecule has 0 saturated heterocycles. The maximum atomic E-state index is 11.5. The predicted molar refractivity (Wildman–Crippen MR) is 67.1 cm³/mol. The van der Waals surface area contributed by atoms with Crippen LogP contribution in [0.3, 0.4) is 0 Å². The molecule has 0 saturated carbocycles. The number of carboxylic acid groups (broad SMARTS) is 1. The number of nitrogens with zero attached hydrogens (tertiary/aromatic N) is 1. The third kappa shape index (κ3) is 8.55. The molecule has 0 aromatic rings. The van der Waals surface area contributed by atoms with Crippen LogP contribution in [0.5, 0.6) is 0 Å². The third-order valence-corrected chi connectivity index (χ3v) is 2.43. The minimum Gasteiger partial charge on any atom is -0.481 e. The van der Waals surface area contributed by atoms with E-state index in [2.05, 4.69) is 19.2 Å². The molecule has 0 aliphatic rings. The molecule has 2 N–H and O–H groups in total. The van der Waals surface area contributed by atoms with Crippen LogP contribution < -0.4 is 5.32 Å². The fourth-order valence-corrected chi connectivity index (χ4v) is 1.23. The van der Waals surface area contributed by atoms with Gasteiger partial charge in [-0.1, -0.05) is 13.8 Å². The summed E-state index contributed by atoms with van der Waals surface area (Å²) in [7, 11) is 1.63. The van der Waals surface area contributed by atoms with Crippen LogP contribution in [-0.4, -0.2) is 41.5 Å². The second-order valence-corrected chi connectivity index (χ2v) is 4.70. The van der Waals surface area contributed by atoms with E-state index in [9.17, 15) is 14.4 Å². The number of hydrogen-bond acceptors (Lipinski definition) is 3. The topological polar surface area (TPSA) is 86.7 Å². The van der Waals surface area contributed by atoms with Crippen molar-refractivity contribution in [3.05, 3.63) is 0 Å². The summed E-state index contributed by atoms with van der Waals surface area (Å²) >= 11 is 0. The molecule has 0 aromatic heterocycles. The Morgan fingerprint density at radius 3 is 2.33 bits per heavy atom. The van der Waals surface area contributed by atoms with Crippen molar-refractivity contribution in [1.29, 1.82) is 0 Å². The maximum absolute atomic E-state index is 11.5. The average Bonchev–Trinajstić information content (AvgIpc) is 2.24. The van der Waals surface area contributed by atoms with Gasteiger partial charge in [0.2, 0.25) is 5.91 Å². The van der Waals surface area contributed by atoms with Crippen molar-refractivity contribution >= 4 is 17.9 Å². The first-order valence-corrected chi connectivity index (χ1v) is 6.09. The summed E-state index contributed by atoms with van der Waals surface area (Å²) in [5.74, 6) is -0.882. The first kappa shape index (κ1) is 16.4. The summed E-state index contributed by atoms with van der Waals surface area (Å²) in [5, 5.41) is 10.6. The van der Waals surface area contributed by atoms with Gasteiger partial charge in [0.15, 0.2) is 0 Å². The molecule has 18 heavy (non-hydrogen) atoms. The second-order valence-electron chi connectivity index (χ2n) is 4.70. The molecule has 0 aromatic carbocycles. The van der Waals surface area contributed by atoms with Crippen LogP contribution in [0, 0.1) is 5.92 Å². The maximum Gasteiger partial charge on any atom is 0.323 e. The largest absolute Gasteiger partial charge is 0.481 e. The van der Waals surface area contributed by atoms with Crippen molar-refractivity contribution < 1.29 is 19.5 Å². The summed E-state index contributed by atoms with van der Waals surface area (Å²) in [4.78, 5) is 34.6. The summed E-state index contributed by atoms with van der Waals surface area (Å²) < 4.78 is 0. The fourth-order valence-electron chi connectivity index (χ4n) is 1.23. The zero-order chi connectivity index (χ0) is 14.1. The van der Waals surface area contributed by atoms with Crippen LogP contribution >= 0.6 is 0 Å². The van der Waals surface area contributed by atoms with E-state index in [1.54, 1.807) is 7.05 Å². The zero-order valence-electron chi connectivity index (χ0n) is 11.2. The van der Waals surface area contributed by atoms with Crippen molar-refractivity contribution in [3.63, 3.8) is 0 Å². The Hall–Kier alpha value is -1.59. The molecule has 0 atom stereocenters. The van der Waals surface area contributed by atoms with Gasteiger partial charge < -0.3 is 10.0 Å². The van der Waals surface area contributed by atoms with Crippen molar-refractivity contribution in [3.8, 4) is 0 Å². The quantitative estimate of drug-likeness (QED) is 0.723. The first-order chi connectivity index (χ1) is 8.32. The highest BCUT2D eigenvalue weighted by molar-refractivity contribution is 5.94. The minimum absolute atomic E-state index is 0.0516. The lowest BCUT2D eigenvalue weighted by atomic mass is 10.1. The molecule has 104 valence electrons. The number of carboxylic acids is 1. The Morgan fingerprint density at radius 1 is 1.22 bits per heavy atom. The van der Waals surface area contributed by atoms with Crippen molar-refractivity contribution in [2.45, 2.75) is 39.5 Å². The van der Waals surface area contributed by atoms with Crippen LogP contribution in [0.2, 0.25) is 0 Å². The number of nitrogens with one attached hydrogen (secondary N) is 1.